The summed E-state index contributed by atoms with van der Waals surface area (Å²) in [6.07, 6.45) is 1.51. The summed E-state index contributed by atoms with van der Waals surface area (Å²) in [7, 11) is 0. The molecule has 0 bridgehead atoms. The molecule has 3 heteroatoms. The van der Waals surface area contributed by atoms with Gasteiger partial charge in [-0.05, 0) is 44.7 Å². The van der Waals surface area contributed by atoms with Crippen molar-refractivity contribution in [2.24, 2.45) is 5.92 Å². The van der Waals surface area contributed by atoms with Crippen molar-refractivity contribution < 1.29 is 10.2 Å². The molecule has 2 N–H and O–H groups in total. The first-order chi connectivity index (χ1) is 9.06. The molecule has 1 aliphatic rings. The Morgan fingerprint density at radius 2 is 1.95 bits per heavy atom. The van der Waals surface area contributed by atoms with Gasteiger partial charge in [-0.15, -0.1) is 0 Å². The minimum absolute atomic E-state index is 0.251. The van der Waals surface area contributed by atoms with Crippen LogP contribution in [0.4, 0.5) is 0 Å². The predicted octanol–water partition coefficient (Wildman–Crippen LogP) is 2.12. The molecule has 0 aromatic heterocycles. The number of rotatable bonds is 4. The van der Waals surface area contributed by atoms with Crippen LogP contribution in [0.1, 0.15) is 37.0 Å². The van der Waals surface area contributed by atoms with Gasteiger partial charge in [-0.2, -0.15) is 0 Å². The first-order valence-electron chi connectivity index (χ1n) is 7.21. The van der Waals surface area contributed by atoms with Gasteiger partial charge in [0.25, 0.3) is 0 Å². The Labute approximate surface area is 115 Å². The van der Waals surface area contributed by atoms with E-state index in [1.807, 2.05) is 38.1 Å². The predicted molar refractivity (Wildman–Crippen MR) is 77.0 cm³/mol. The quantitative estimate of drug-likeness (QED) is 0.874. The van der Waals surface area contributed by atoms with Crippen LogP contribution in [0.25, 0.3) is 0 Å². The number of aliphatic hydroxyl groups excluding tert-OH is 2. The summed E-state index contributed by atoms with van der Waals surface area (Å²) in [5.41, 5.74) is 2.19. The van der Waals surface area contributed by atoms with Crippen LogP contribution in [0, 0.1) is 12.8 Å². The van der Waals surface area contributed by atoms with Gasteiger partial charge in [0, 0.05) is 13.1 Å². The van der Waals surface area contributed by atoms with Crippen molar-refractivity contribution >= 4 is 0 Å². The highest BCUT2D eigenvalue weighted by Gasteiger charge is 2.24. The number of nitrogens with zero attached hydrogens (tertiary/aromatic N) is 1. The molecule has 0 aliphatic carbocycles. The molecule has 0 amide bonds. The fourth-order valence-electron chi connectivity index (χ4n) is 2.79. The molecule has 2 rings (SSSR count). The Morgan fingerprint density at radius 3 is 2.58 bits per heavy atom. The van der Waals surface area contributed by atoms with E-state index in [4.69, 9.17) is 0 Å². The lowest BCUT2D eigenvalue weighted by molar-refractivity contribution is 0.0377. The third-order valence-corrected chi connectivity index (χ3v) is 4.12. The Kier molecular flexibility index (Phi) is 4.97. The number of piperidine rings is 1. The number of likely N-dealkylation sites (tertiary alicyclic amines) is 1. The molecule has 106 valence electrons. The Hall–Kier alpha value is -0.900. The van der Waals surface area contributed by atoms with E-state index in [1.54, 1.807) is 0 Å². The molecule has 3 atom stereocenters. The van der Waals surface area contributed by atoms with Gasteiger partial charge in [0.05, 0.1) is 12.2 Å². The molecule has 0 radical (unpaired) electrons. The van der Waals surface area contributed by atoms with Gasteiger partial charge in [-0.1, -0.05) is 29.8 Å². The van der Waals surface area contributed by atoms with E-state index in [1.165, 1.54) is 5.56 Å². The minimum atomic E-state index is -0.437. The zero-order valence-electron chi connectivity index (χ0n) is 11.9. The lowest BCUT2D eigenvalue weighted by Gasteiger charge is -2.35. The standard InChI is InChI=1S/C16H25NO2/c1-12-5-7-14(8-6-12)16(19)11-17-9-3-4-15(10-17)13(2)18/h5-8,13,15-16,18-19H,3-4,9-11H2,1-2H3. The zero-order valence-corrected chi connectivity index (χ0v) is 11.9. The number of hydrogen-bond acceptors (Lipinski definition) is 3. The van der Waals surface area contributed by atoms with Crippen LogP contribution < -0.4 is 0 Å². The van der Waals surface area contributed by atoms with Crippen molar-refractivity contribution in [2.75, 3.05) is 19.6 Å². The van der Waals surface area contributed by atoms with Gasteiger partial charge in [0.15, 0.2) is 0 Å². The van der Waals surface area contributed by atoms with Crippen molar-refractivity contribution in [1.29, 1.82) is 0 Å². The highest BCUT2D eigenvalue weighted by atomic mass is 16.3. The molecule has 1 saturated heterocycles. The summed E-state index contributed by atoms with van der Waals surface area (Å²) in [5.74, 6) is 0.346. The number of benzene rings is 1. The van der Waals surface area contributed by atoms with Gasteiger partial charge in [0.2, 0.25) is 0 Å². The molecule has 3 nitrogen and oxygen atoms in total. The SMILES string of the molecule is Cc1ccc(C(O)CN2CCCC(C(C)O)C2)cc1. The van der Waals surface area contributed by atoms with E-state index < -0.39 is 6.10 Å². The summed E-state index contributed by atoms with van der Waals surface area (Å²) in [5, 5.41) is 20.0. The highest BCUT2D eigenvalue weighted by molar-refractivity contribution is 5.23. The molecule has 1 aromatic carbocycles. The van der Waals surface area contributed by atoms with Crippen molar-refractivity contribution in [2.45, 2.75) is 38.9 Å². The third-order valence-electron chi connectivity index (χ3n) is 4.12. The topological polar surface area (TPSA) is 43.7 Å². The number of aryl methyl sites for hydroxylation is 1. The summed E-state index contributed by atoms with van der Waals surface area (Å²) in [6, 6.07) is 8.06. The molecule has 1 heterocycles. The molecule has 19 heavy (non-hydrogen) atoms. The summed E-state index contributed by atoms with van der Waals surface area (Å²) < 4.78 is 0. The summed E-state index contributed by atoms with van der Waals surface area (Å²) in [6.45, 7) is 6.48. The second kappa shape index (κ2) is 6.51. The maximum Gasteiger partial charge on any atom is 0.0916 e. The molecular weight excluding hydrogens is 238 g/mol. The second-order valence-electron chi connectivity index (χ2n) is 5.83. The maximum absolute atomic E-state index is 10.3. The first-order valence-corrected chi connectivity index (χ1v) is 7.21. The molecular formula is C16H25NO2. The minimum Gasteiger partial charge on any atom is -0.393 e. The van der Waals surface area contributed by atoms with Crippen LogP contribution in [-0.4, -0.2) is 40.9 Å². The molecule has 1 fully saturated rings. The van der Waals surface area contributed by atoms with E-state index in [-0.39, 0.29) is 6.10 Å². The van der Waals surface area contributed by atoms with E-state index >= 15 is 0 Å². The monoisotopic (exact) mass is 263 g/mol. The largest absolute Gasteiger partial charge is 0.393 e. The lowest BCUT2D eigenvalue weighted by atomic mass is 9.93. The average molecular weight is 263 g/mol. The zero-order chi connectivity index (χ0) is 13.8. The summed E-state index contributed by atoms with van der Waals surface area (Å²) >= 11 is 0. The molecule has 1 aliphatic heterocycles. The Morgan fingerprint density at radius 1 is 1.26 bits per heavy atom. The lowest BCUT2D eigenvalue weighted by Crippen LogP contribution is -2.41. The fraction of sp³-hybridized carbons (Fsp3) is 0.625. The van der Waals surface area contributed by atoms with Gasteiger partial charge in [-0.3, -0.25) is 0 Å². The van der Waals surface area contributed by atoms with Gasteiger partial charge in [0.1, 0.15) is 0 Å². The molecule has 0 saturated carbocycles. The second-order valence-corrected chi connectivity index (χ2v) is 5.83. The smallest absolute Gasteiger partial charge is 0.0916 e. The van der Waals surface area contributed by atoms with Crippen molar-refractivity contribution in [3.05, 3.63) is 35.4 Å². The molecule has 3 unspecified atom stereocenters. The maximum atomic E-state index is 10.3. The van der Waals surface area contributed by atoms with Gasteiger partial charge in [-0.25, -0.2) is 0 Å². The van der Waals surface area contributed by atoms with E-state index in [2.05, 4.69) is 4.90 Å². The normalized spacial score (nSPS) is 24.1. The van der Waals surface area contributed by atoms with Crippen molar-refractivity contribution in [1.82, 2.24) is 4.90 Å². The number of hydrogen-bond donors (Lipinski definition) is 2. The fourth-order valence-corrected chi connectivity index (χ4v) is 2.79. The van der Waals surface area contributed by atoms with Crippen LogP contribution in [0.3, 0.4) is 0 Å². The van der Waals surface area contributed by atoms with E-state index in [0.717, 1.165) is 31.5 Å². The Balaban J connectivity index is 1.91. The highest BCUT2D eigenvalue weighted by Crippen LogP contribution is 2.22. The molecule has 0 spiro atoms. The average Bonchev–Trinajstić information content (AvgIpc) is 2.39. The van der Waals surface area contributed by atoms with Crippen LogP contribution in [0.5, 0.6) is 0 Å². The van der Waals surface area contributed by atoms with Crippen molar-refractivity contribution in [3.63, 3.8) is 0 Å². The van der Waals surface area contributed by atoms with Crippen molar-refractivity contribution in [3.8, 4) is 0 Å². The Bertz CT molecular complexity index is 388. The van der Waals surface area contributed by atoms with Crippen LogP contribution >= 0.6 is 0 Å². The summed E-state index contributed by atoms with van der Waals surface area (Å²) in [4.78, 5) is 2.27. The van der Waals surface area contributed by atoms with E-state index in [9.17, 15) is 10.2 Å². The molecule has 1 aromatic rings. The number of aliphatic hydroxyl groups is 2. The van der Waals surface area contributed by atoms with Gasteiger partial charge < -0.3 is 15.1 Å². The van der Waals surface area contributed by atoms with Gasteiger partial charge >= 0.3 is 0 Å². The third kappa shape index (κ3) is 4.03. The van der Waals surface area contributed by atoms with Crippen LogP contribution in [0.2, 0.25) is 0 Å². The van der Waals surface area contributed by atoms with Crippen LogP contribution in [-0.2, 0) is 0 Å². The first kappa shape index (κ1) is 14.5. The van der Waals surface area contributed by atoms with Crippen LogP contribution in [0.15, 0.2) is 24.3 Å². The van der Waals surface area contributed by atoms with E-state index in [0.29, 0.717) is 12.5 Å². The number of β-amino-alcohol motifs (C(OH)–C–C–N with tert-alkyl or cyclic N) is 1.